The minimum absolute atomic E-state index is 0.0613. The van der Waals surface area contributed by atoms with Gasteiger partial charge in [0.2, 0.25) is 0 Å². The van der Waals surface area contributed by atoms with Gasteiger partial charge < -0.3 is 15.2 Å². The summed E-state index contributed by atoms with van der Waals surface area (Å²) < 4.78 is 7.08. The van der Waals surface area contributed by atoms with Crippen LogP contribution in [0.25, 0.3) is 0 Å². The molecule has 0 amide bonds. The molecule has 3 unspecified atom stereocenters. The van der Waals surface area contributed by atoms with Crippen molar-refractivity contribution in [3.05, 3.63) is 28.2 Å². The second-order valence-corrected chi connectivity index (χ2v) is 6.03. The number of hydrogen-bond acceptors (Lipinski definition) is 3. The van der Waals surface area contributed by atoms with E-state index in [1.165, 1.54) is 0 Å². The summed E-state index contributed by atoms with van der Waals surface area (Å²) in [6.45, 7) is 5.14. The molecular weight excluding hydrogens is 306 g/mol. The summed E-state index contributed by atoms with van der Waals surface area (Å²) in [5.74, 6) is 0.877. The number of hydrogen-bond donors (Lipinski definition) is 2. The van der Waals surface area contributed by atoms with Crippen LogP contribution in [0.2, 0.25) is 0 Å². The van der Waals surface area contributed by atoms with E-state index in [2.05, 4.69) is 41.2 Å². The lowest BCUT2D eigenvalue weighted by atomic mass is 10.1. The molecule has 4 heteroatoms. The molecule has 0 bridgehead atoms. The molecule has 0 aromatic heterocycles. The average Bonchev–Trinajstić information content (AvgIpc) is 2.77. The van der Waals surface area contributed by atoms with Crippen molar-refractivity contribution in [3.63, 3.8) is 0 Å². The van der Waals surface area contributed by atoms with E-state index in [9.17, 15) is 5.11 Å². The van der Waals surface area contributed by atoms with Crippen molar-refractivity contribution in [1.29, 1.82) is 0 Å². The van der Waals surface area contributed by atoms with Crippen molar-refractivity contribution in [2.75, 3.05) is 6.54 Å². The average molecular weight is 328 g/mol. The Hall–Kier alpha value is -0.580. The zero-order valence-corrected chi connectivity index (χ0v) is 13.1. The maximum Gasteiger partial charge on any atom is 0.124 e. The van der Waals surface area contributed by atoms with Crippen LogP contribution < -0.4 is 10.1 Å². The zero-order valence-electron chi connectivity index (χ0n) is 11.5. The highest BCUT2D eigenvalue weighted by atomic mass is 79.9. The highest BCUT2D eigenvalue weighted by Crippen LogP contribution is 2.32. The summed E-state index contributed by atoms with van der Waals surface area (Å²) in [4.78, 5) is 0. The molecular formula is C15H22BrNO2. The molecule has 106 valence electrons. The summed E-state index contributed by atoms with van der Waals surface area (Å²) >= 11 is 3.51. The summed E-state index contributed by atoms with van der Waals surface area (Å²) in [5.41, 5.74) is 1.13. The number of halogens is 1. The molecule has 3 atom stereocenters. The molecule has 0 radical (unpaired) electrons. The molecule has 2 rings (SSSR count). The highest BCUT2D eigenvalue weighted by molar-refractivity contribution is 9.10. The summed E-state index contributed by atoms with van der Waals surface area (Å²) in [7, 11) is 0. The van der Waals surface area contributed by atoms with Crippen LogP contribution in [-0.2, 0) is 0 Å². The first-order valence-electron chi connectivity index (χ1n) is 6.99. The Labute approximate surface area is 123 Å². The van der Waals surface area contributed by atoms with Gasteiger partial charge in [-0.1, -0.05) is 22.9 Å². The van der Waals surface area contributed by atoms with Crippen LogP contribution in [0, 0.1) is 0 Å². The van der Waals surface area contributed by atoms with Crippen molar-refractivity contribution >= 4 is 15.9 Å². The van der Waals surface area contributed by atoms with Gasteiger partial charge in [0.1, 0.15) is 11.9 Å². The molecule has 1 aromatic rings. The SMILES string of the molecule is CCNC(C)c1cc(Br)ccc1OC1CCCC1O. The Morgan fingerprint density at radius 2 is 2.26 bits per heavy atom. The van der Waals surface area contributed by atoms with Gasteiger partial charge in [-0.25, -0.2) is 0 Å². The third-order valence-electron chi connectivity index (χ3n) is 3.64. The molecule has 0 saturated heterocycles. The van der Waals surface area contributed by atoms with E-state index in [0.717, 1.165) is 41.6 Å². The van der Waals surface area contributed by atoms with Gasteiger partial charge in [0.05, 0.1) is 6.10 Å². The van der Waals surface area contributed by atoms with Gasteiger partial charge in [0, 0.05) is 16.1 Å². The van der Waals surface area contributed by atoms with E-state index in [1.807, 2.05) is 12.1 Å². The van der Waals surface area contributed by atoms with Crippen LogP contribution in [0.5, 0.6) is 5.75 Å². The maximum absolute atomic E-state index is 9.89. The van der Waals surface area contributed by atoms with E-state index in [-0.39, 0.29) is 18.2 Å². The van der Waals surface area contributed by atoms with Crippen LogP contribution in [0.1, 0.15) is 44.7 Å². The fourth-order valence-electron chi connectivity index (χ4n) is 2.59. The molecule has 0 aliphatic heterocycles. The Balaban J connectivity index is 2.18. The highest BCUT2D eigenvalue weighted by Gasteiger charge is 2.28. The summed E-state index contributed by atoms with van der Waals surface area (Å²) in [6.07, 6.45) is 2.44. The molecule has 1 fully saturated rings. The predicted molar refractivity (Wildman–Crippen MR) is 80.5 cm³/mol. The topological polar surface area (TPSA) is 41.5 Å². The fourth-order valence-corrected chi connectivity index (χ4v) is 2.97. The first kappa shape index (κ1) is 14.8. The Bertz CT molecular complexity index is 425. The number of aliphatic hydroxyl groups is 1. The number of benzene rings is 1. The normalized spacial score (nSPS) is 24.4. The van der Waals surface area contributed by atoms with Crippen molar-refractivity contribution in [2.45, 2.75) is 51.4 Å². The standard InChI is InChI=1S/C15H22BrNO2/c1-3-17-10(2)12-9-11(16)7-8-14(12)19-15-6-4-5-13(15)18/h7-10,13,15,17-18H,3-6H2,1-2H3. The van der Waals surface area contributed by atoms with Crippen LogP contribution in [-0.4, -0.2) is 23.9 Å². The van der Waals surface area contributed by atoms with Crippen LogP contribution >= 0.6 is 15.9 Å². The Morgan fingerprint density at radius 3 is 2.89 bits per heavy atom. The number of nitrogens with one attached hydrogen (secondary N) is 1. The van der Waals surface area contributed by atoms with E-state index in [1.54, 1.807) is 0 Å². The fraction of sp³-hybridized carbons (Fsp3) is 0.600. The van der Waals surface area contributed by atoms with Gasteiger partial charge in [-0.05, 0) is 50.9 Å². The lowest BCUT2D eigenvalue weighted by Gasteiger charge is -2.22. The molecule has 0 heterocycles. The maximum atomic E-state index is 9.89. The predicted octanol–water partition coefficient (Wildman–Crippen LogP) is 3.41. The van der Waals surface area contributed by atoms with Gasteiger partial charge in [-0.2, -0.15) is 0 Å². The van der Waals surface area contributed by atoms with Gasteiger partial charge in [0.15, 0.2) is 0 Å². The lowest BCUT2D eigenvalue weighted by molar-refractivity contribution is 0.0594. The van der Waals surface area contributed by atoms with Gasteiger partial charge in [0.25, 0.3) is 0 Å². The molecule has 19 heavy (non-hydrogen) atoms. The molecule has 1 saturated carbocycles. The third kappa shape index (κ3) is 3.71. The Morgan fingerprint density at radius 1 is 1.47 bits per heavy atom. The van der Waals surface area contributed by atoms with Crippen LogP contribution in [0.3, 0.4) is 0 Å². The summed E-state index contributed by atoms with van der Waals surface area (Å²) in [6, 6.07) is 6.29. The number of aliphatic hydroxyl groups excluding tert-OH is 1. The quantitative estimate of drug-likeness (QED) is 0.870. The monoisotopic (exact) mass is 327 g/mol. The third-order valence-corrected chi connectivity index (χ3v) is 4.14. The smallest absolute Gasteiger partial charge is 0.124 e. The second kappa shape index (κ2) is 6.73. The molecule has 2 N–H and O–H groups in total. The van der Waals surface area contributed by atoms with Crippen molar-refractivity contribution in [3.8, 4) is 5.75 Å². The van der Waals surface area contributed by atoms with E-state index in [0.29, 0.717) is 0 Å². The van der Waals surface area contributed by atoms with E-state index in [4.69, 9.17) is 4.74 Å². The molecule has 3 nitrogen and oxygen atoms in total. The van der Waals surface area contributed by atoms with Gasteiger partial charge in [-0.15, -0.1) is 0 Å². The minimum atomic E-state index is -0.328. The summed E-state index contributed by atoms with van der Waals surface area (Å²) in [5, 5.41) is 13.3. The first-order chi connectivity index (χ1) is 9.11. The minimum Gasteiger partial charge on any atom is -0.487 e. The molecule has 0 spiro atoms. The first-order valence-corrected chi connectivity index (χ1v) is 7.78. The van der Waals surface area contributed by atoms with Gasteiger partial charge in [-0.3, -0.25) is 0 Å². The number of rotatable bonds is 5. The van der Waals surface area contributed by atoms with Crippen molar-refractivity contribution < 1.29 is 9.84 Å². The lowest BCUT2D eigenvalue weighted by Crippen LogP contribution is -2.27. The second-order valence-electron chi connectivity index (χ2n) is 5.12. The van der Waals surface area contributed by atoms with E-state index >= 15 is 0 Å². The van der Waals surface area contributed by atoms with Crippen molar-refractivity contribution in [1.82, 2.24) is 5.32 Å². The van der Waals surface area contributed by atoms with E-state index < -0.39 is 0 Å². The zero-order chi connectivity index (χ0) is 13.8. The van der Waals surface area contributed by atoms with Crippen LogP contribution in [0.15, 0.2) is 22.7 Å². The van der Waals surface area contributed by atoms with Crippen molar-refractivity contribution in [2.24, 2.45) is 0 Å². The number of ether oxygens (including phenoxy) is 1. The molecule has 1 aliphatic carbocycles. The Kier molecular flexibility index (Phi) is 5.25. The van der Waals surface area contributed by atoms with Gasteiger partial charge >= 0.3 is 0 Å². The molecule has 1 aliphatic rings. The largest absolute Gasteiger partial charge is 0.487 e. The van der Waals surface area contributed by atoms with Crippen LogP contribution in [0.4, 0.5) is 0 Å². The molecule has 1 aromatic carbocycles.